The van der Waals surface area contributed by atoms with E-state index in [1.54, 1.807) is 28.4 Å². The van der Waals surface area contributed by atoms with Gasteiger partial charge in [-0.1, -0.05) is 12.1 Å². The van der Waals surface area contributed by atoms with Crippen LogP contribution in [0.25, 0.3) is 11.1 Å². The first-order valence-corrected chi connectivity index (χ1v) is 7.26. The van der Waals surface area contributed by atoms with Crippen molar-refractivity contribution < 1.29 is 23.7 Å². The minimum absolute atomic E-state index is 0.523. The molecule has 5 heteroatoms. The molecule has 0 amide bonds. The monoisotopic (exact) mass is 318 g/mol. The van der Waals surface area contributed by atoms with Crippen LogP contribution in [0.2, 0.25) is 0 Å². The van der Waals surface area contributed by atoms with Crippen molar-refractivity contribution in [3.63, 3.8) is 0 Å². The van der Waals surface area contributed by atoms with Gasteiger partial charge < -0.3 is 23.7 Å². The lowest BCUT2D eigenvalue weighted by atomic mass is 10.0. The normalized spacial score (nSPS) is 10.3. The third kappa shape index (κ3) is 3.87. The molecule has 2 rings (SSSR count). The fourth-order valence-electron chi connectivity index (χ4n) is 2.30. The zero-order valence-corrected chi connectivity index (χ0v) is 13.9. The lowest BCUT2D eigenvalue weighted by Gasteiger charge is -2.16. The van der Waals surface area contributed by atoms with Crippen molar-refractivity contribution in [2.75, 3.05) is 41.7 Å². The number of benzene rings is 2. The summed E-state index contributed by atoms with van der Waals surface area (Å²) in [6, 6.07) is 11.6. The maximum absolute atomic E-state index is 5.57. The number of ether oxygens (including phenoxy) is 5. The maximum atomic E-state index is 5.57. The molecule has 23 heavy (non-hydrogen) atoms. The molecule has 0 radical (unpaired) electrons. The Hall–Kier alpha value is -2.40. The van der Waals surface area contributed by atoms with Crippen molar-refractivity contribution >= 4 is 0 Å². The Morgan fingerprint density at radius 2 is 1.39 bits per heavy atom. The summed E-state index contributed by atoms with van der Waals surface area (Å²) in [5, 5.41) is 0. The molecule has 0 aliphatic rings. The van der Waals surface area contributed by atoms with Gasteiger partial charge in [0.1, 0.15) is 12.4 Å². The van der Waals surface area contributed by atoms with E-state index in [1.165, 1.54) is 0 Å². The zero-order chi connectivity index (χ0) is 16.7. The van der Waals surface area contributed by atoms with Gasteiger partial charge in [0, 0.05) is 12.7 Å². The van der Waals surface area contributed by atoms with Crippen molar-refractivity contribution in [3.05, 3.63) is 36.4 Å². The lowest BCUT2D eigenvalue weighted by molar-refractivity contribution is 0.146. The van der Waals surface area contributed by atoms with E-state index in [9.17, 15) is 0 Å². The van der Waals surface area contributed by atoms with Crippen LogP contribution in [-0.2, 0) is 4.74 Å². The van der Waals surface area contributed by atoms with Crippen LogP contribution >= 0.6 is 0 Å². The van der Waals surface area contributed by atoms with Crippen LogP contribution in [0.15, 0.2) is 36.4 Å². The summed E-state index contributed by atoms with van der Waals surface area (Å²) >= 11 is 0. The molecule has 0 atom stereocenters. The molecule has 124 valence electrons. The molecule has 0 saturated heterocycles. The van der Waals surface area contributed by atoms with Crippen LogP contribution < -0.4 is 18.9 Å². The van der Waals surface area contributed by atoms with Gasteiger partial charge in [-0.3, -0.25) is 0 Å². The fraction of sp³-hybridized carbons (Fsp3) is 0.333. The molecule has 0 N–H and O–H groups in total. The fourth-order valence-corrected chi connectivity index (χ4v) is 2.30. The molecule has 2 aromatic carbocycles. The van der Waals surface area contributed by atoms with Crippen molar-refractivity contribution in [1.29, 1.82) is 0 Å². The minimum atomic E-state index is 0.523. The van der Waals surface area contributed by atoms with Gasteiger partial charge in [-0.15, -0.1) is 0 Å². The van der Waals surface area contributed by atoms with Crippen LogP contribution in [0.3, 0.4) is 0 Å². The van der Waals surface area contributed by atoms with E-state index in [0.29, 0.717) is 30.5 Å². The van der Waals surface area contributed by atoms with E-state index in [4.69, 9.17) is 23.7 Å². The molecule has 5 nitrogen and oxygen atoms in total. The van der Waals surface area contributed by atoms with E-state index < -0.39 is 0 Å². The summed E-state index contributed by atoms with van der Waals surface area (Å²) < 4.78 is 26.8. The van der Waals surface area contributed by atoms with Crippen molar-refractivity contribution in [1.82, 2.24) is 0 Å². The smallest absolute Gasteiger partial charge is 0.203 e. The second-order valence-electron chi connectivity index (χ2n) is 4.75. The first-order valence-electron chi connectivity index (χ1n) is 7.26. The molecule has 0 aromatic heterocycles. The van der Waals surface area contributed by atoms with E-state index in [-0.39, 0.29) is 0 Å². The quantitative estimate of drug-likeness (QED) is 0.698. The molecule has 0 aliphatic carbocycles. The summed E-state index contributed by atoms with van der Waals surface area (Å²) in [5.74, 6) is 2.64. The highest BCUT2D eigenvalue weighted by Crippen LogP contribution is 2.44. The maximum Gasteiger partial charge on any atom is 0.203 e. The first-order chi connectivity index (χ1) is 11.2. The van der Waals surface area contributed by atoms with Gasteiger partial charge >= 0.3 is 0 Å². The Balaban J connectivity index is 2.30. The van der Waals surface area contributed by atoms with Gasteiger partial charge in [0.25, 0.3) is 0 Å². The Morgan fingerprint density at radius 1 is 0.696 bits per heavy atom. The van der Waals surface area contributed by atoms with Gasteiger partial charge in [-0.2, -0.15) is 0 Å². The van der Waals surface area contributed by atoms with Crippen LogP contribution in [0.5, 0.6) is 23.0 Å². The van der Waals surface area contributed by atoms with Gasteiger partial charge in [0.05, 0.1) is 27.9 Å². The van der Waals surface area contributed by atoms with Gasteiger partial charge in [0.2, 0.25) is 5.75 Å². The highest BCUT2D eigenvalue weighted by Gasteiger charge is 2.16. The SMILES string of the molecule is COCCOc1ccc(-c2ccc(OC)c(OC)c2OC)cc1. The van der Waals surface area contributed by atoms with Crippen LogP contribution in [0, 0.1) is 0 Å². The molecule has 0 aliphatic heterocycles. The minimum Gasteiger partial charge on any atom is -0.493 e. The summed E-state index contributed by atoms with van der Waals surface area (Å²) in [7, 11) is 6.46. The summed E-state index contributed by atoms with van der Waals surface area (Å²) in [4.78, 5) is 0. The molecule has 0 unspecified atom stereocenters. The van der Waals surface area contributed by atoms with Crippen molar-refractivity contribution in [2.45, 2.75) is 0 Å². The zero-order valence-electron chi connectivity index (χ0n) is 13.9. The molecular formula is C18H22O5. The molecule has 2 aromatic rings. The predicted molar refractivity (Wildman–Crippen MR) is 88.9 cm³/mol. The number of hydrogen-bond acceptors (Lipinski definition) is 5. The molecule has 0 saturated carbocycles. The van der Waals surface area contributed by atoms with E-state index in [1.807, 2.05) is 36.4 Å². The largest absolute Gasteiger partial charge is 0.493 e. The van der Waals surface area contributed by atoms with E-state index in [2.05, 4.69) is 0 Å². The Labute approximate surface area is 136 Å². The van der Waals surface area contributed by atoms with Crippen LogP contribution in [0.4, 0.5) is 0 Å². The number of rotatable bonds is 8. The third-order valence-corrected chi connectivity index (χ3v) is 3.43. The van der Waals surface area contributed by atoms with Crippen LogP contribution in [0.1, 0.15) is 0 Å². The molecule has 0 bridgehead atoms. The number of methoxy groups -OCH3 is 4. The predicted octanol–water partition coefficient (Wildman–Crippen LogP) is 3.40. The highest BCUT2D eigenvalue weighted by molar-refractivity contribution is 5.76. The van der Waals surface area contributed by atoms with Crippen LogP contribution in [-0.4, -0.2) is 41.7 Å². The second-order valence-corrected chi connectivity index (χ2v) is 4.75. The lowest BCUT2D eigenvalue weighted by Crippen LogP contribution is -2.03. The number of hydrogen-bond donors (Lipinski definition) is 0. The van der Waals surface area contributed by atoms with Gasteiger partial charge in [0.15, 0.2) is 11.5 Å². The van der Waals surface area contributed by atoms with Gasteiger partial charge in [-0.25, -0.2) is 0 Å². The summed E-state index contributed by atoms with van der Waals surface area (Å²) in [6.07, 6.45) is 0. The Kier molecular flexibility index (Phi) is 6.11. The third-order valence-electron chi connectivity index (χ3n) is 3.43. The first kappa shape index (κ1) is 17.0. The highest BCUT2D eigenvalue weighted by atomic mass is 16.5. The molecule has 0 fully saturated rings. The molecule has 0 heterocycles. The topological polar surface area (TPSA) is 46.2 Å². The second kappa shape index (κ2) is 8.29. The van der Waals surface area contributed by atoms with Crippen molar-refractivity contribution in [2.24, 2.45) is 0 Å². The Morgan fingerprint density at radius 3 is 1.96 bits per heavy atom. The molecular weight excluding hydrogens is 296 g/mol. The Bertz CT molecular complexity index is 622. The van der Waals surface area contributed by atoms with Gasteiger partial charge in [-0.05, 0) is 29.8 Å². The molecule has 0 spiro atoms. The average molecular weight is 318 g/mol. The van der Waals surface area contributed by atoms with E-state index in [0.717, 1.165) is 16.9 Å². The summed E-state index contributed by atoms with van der Waals surface area (Å²) in [5.41, 5.74) is 1.93. The standard InChI is InChI=1S/C18H22O5/c1-19-11-12-23-14-7-5-13(6-8-14)15-9-10-16(20-2)18(22-4)17(15)21-3/h5-10H,11-12H2,1-4H3. The van der Waals surface area contributed by atoms with E-state index >= 15 is 0 Å². The van der Waals surface area contributed by atoms with Crippen molar-refractivity contribution in [3.8, 4) is 34.1 Å². The average Bonchev–Trinajstić information content (AvgIpc) is 2.61. The summed E-state index contributed by atoms with van der Waals surface area (Å²) in [6.45, 7) is 1.08.